The highest BCUT2D eigenvalue weighted by Crippen LogP contribution is 2.25. The molecule has 1 N–H and O–H groups in total. The van der Waals surface area contributed by atoms with Gasteiger partial charge in [-0.2, -0.15) is 0 Å². The number of ether oxygens (including phenoxy) is 3. The number of methoxy groups -OCH3 is 2. The number of amides is 1. The number of carbonyl (C=O) groups is 2. The molecule has 6 nitrogen and oxygen atoms in total. The lowest BCUT2D eigenvalue weighted by Crippen LogP contribution is -2.58. The first-order chi connectivity index (χ1) is 7.60. The zero-order valence-corrected chi connectivity index (χ0v) is 9.74. The van der Waals surface area contributed by atoms with Crippen LogP contribution in [-0.4, -0.2) is 44.5 Å². The Morgan fingerprint density at radius 2 is 2.25 bits per heavy atom. The van der Waals surface area contributed by atoms with Gasteiger partial charge in [-0.1, -0.05) is 6.92 Å². The molecular weight excluding hydrogens is 214 g/mol. The van der Waals surface area contributed by atoms with Gasteiger partial charge in [0.1, 0.15) is 6.10 Å². The fourth-order valence-corrected chi connectivity index (χ4v) is 1.65. The first-order valence-corrected chi connectivity index (χ1v) is 5.16. The van der Waals surface area contributed by atoms with Crippen LogP contribution in [0.4, 0.5) is 0 Å². The number of nitrogens with one attached hydrogen (secondary N) is 1. The maximum Gasteiger partial charge on any atom is 0.362 e. The molecule has 1 heterocycles. The second kappa shape index (κ2) is 5.27. The molecule has 0 aliphatic carbocycles. The summed E-state index contributed by atoms with van der Waals surface area (Å²) in [6.45, 7) is 2.17. The molecule has 1 aliphatic heterocycles. The van der Waals surface area contributed by atoms with Gasteiger partial charge in [-0.25, -0.2) is 4.79 Å². The van der Waals surface area contributed by atoms with E-state index in [0.29, 0.717) is 6.42 Å². The highest BCUT2D eigenvalue weighted by atomic mass is 16.6. The van der Waals surface area contributed by atoms with Crippen LogP contribution >= 0.6 is 0 Å². The second-order valence-electron chi connectivity index (χ2n) is 3.55. The molecule has 0 aromatic carbocycles. The molecule has 1 rings (SSSR count). The monoisotopic (exact) mass is 231 g/mol. The third-order valence-corrected chi connectivity index (χ3v) is 2.50. The Labute approximate surface area is 94.2 Å². The van der Waals surface area contributed by atoms with Crippen molar-refractivity contribution in [2.45, 2.75) is 31.6 Å². The average Bonchev–Trinajstić information content (AvgIpc) is 2.63. The lowest BCUT2D eigenvalue weighted by Gasteiger charge is -2.29. The number of esters is 1. The van der Waals surface area contributed by atoms with E-state index in [0.717, 1.165) is 0 Å². The van der Waals surface area contributed by atoms with E-state index in [1.165, 1.54) is 14.2 Å². The zero-order chi connectivity index (χ0) is 12.2. The molecule has 1 fully saturated rings. The fraction of sp³-hybridized carbons (Fsp3) is 0.800. The first-order valence-electron chi connectivity index (χ1n) is 5.16. The topological polar surface area (TPSA) is 73.9 Å². The normalized spacial score (nSPS) is 28.9. The molecule has 0 spiro atoms. The van der Waals surface area contributed by atoms with E-state index in [1.54, 1.807) is 0 Å². The molecule has 92 valence electrons. The molecule has 0 saturated carbocycles. The smallest absolute Gasteiger partial charge is 0.362 e. The fourth-order valence-electron chi connectivity index (χ4n) is 1.65. The predicted molar refractivity (Wildman–Crippen MR) is 54.5 cm³/mol. The van der Waals surface area contributed by atoms with E-state index in [-0.39, 0.29) is 18.9 Å². The Hall–Kier alpha value is -1.14. The van der Waals surface area contributed by atoms with Gasteiger partial charge in [-0.15, -0.1) is 0 Å². The summed E-state index contributed by atoms with van der Waals surface area (Å²) in [6, 6.07) is 0. The molecular formula is C10H17NO5. The van der Waals surface area contributed by atoms with Crippen LogP contribution in [0, 0.1) is 0 Å². The minimum absolute atomic E-state index is 0.0889. The van der Waals surface area contributed by atoms with E-state index in [1.807, 2.05) is 6.92 Å². The van der Waals surface area contributed by atoms with E-state index in [2.05, 4.69) is 5.32 Å². The summed E-state index contributed by atoms with van der Waals surface area (Å²) >= 11 is 0. The van der Waals surface area contributed by atoms with Crippen LogP contribution < -0.4 is 5.32 Å². The molecule has 0 aromatic heterocycles. The molecule has 1 aliphatic rings. The van der Waals surface area contributed by atoms with Gasteiger partial charge in [-0.05, 0) is 6.42 Å². The summed E-state index contributed by atoms with van der Waals surface area (Å²) in [5, 5.41) is 2.47. The van der Waals surface area contributed by atoms with E-state index < -0.39 is 17.8 Å². The maximum absolute atomic E-state index is 11.8. The molecule has 16 heavy (non-hydrogen) atoms. The first kappa shape index (κ1) is 12.9. The van der Waals surface area contributed by atoms with Crippen LogP contribution in [0.5, 0.6) is 0 Å². The van der Waals surface area contributed by atoms with Gasteiger partial charge < -0.3 is 19.5 Å². The molecule has 1 saturated heterocycles. The molecule has 0 radical (unpaired) electrons. The lowest BCUT2D eigenvalue weighted by atomic mass is 10.1. The summed E-state index contributed by atoms with van der Waals surface area (Å²) in [5.74, 6) is -0.906. The van der Waals surface area contributed by atoms with Crippen molar-refractivity contribution in [1.82, 2.24) is 5.32 Å². The third-order valence-electron chi connectivity index (χ3n) is 2.50. The van der Waals surface area contributed by atoms with Crippen LogP contribution in [0.25, 0.3) is 0 Å². The summed E-state index contributed by atoms with van der Waals surface area (Å²) in [6.07, 6.45) is 0.136. The van der Waals surface area contributed by atoms with Crippen molar-refractivity contribution in [2.24, 2.45) is 0 Å². The van der Waals surface area contributed by atoms with Crippen LogP contribution in [0.2, 0.25) is 0 Å². The highest BCUT2D eigenvalue weighted by Gasteiger charge is 2.55. The SMILES string of the molecule is CCCOC(=O)[C@@]1(OC)NC(=O)CC1OC. The van der Waals surface area contributed by atoms with Gasteiger partial charge in [0.05, 0.1) is 13.0 Å². The Balaban J connectivity index is 2.82. The molecule has 1 amide bonds. The van der Waals surface area contributed by atoms with Crippen LogP contribution in [0.15, 0.2) is 0 Å². The Morgan fingerprint density at radius 1 is 1.56 bits per heavy atom. The van der Waals surface area contributed by atoms with Gasteiger partial charge in [-0.3, -0.25) is 4.79 Å². The highest BCUT2D eigenvalue weighted by molar-refractivity contribution is 5.91. The molecule has 6 heteroatoms. The number of hydrogen-bond acceptors (Lipinski definition) is 5. The predicted octanol–water partition coefficient (Wildman–Crippen LogP) is -0.183. The molecule has 1 unspecified atom stereocenters. The van der Waals surface area contributed by atoms with Crippen molar-refractivity contribution in [3.63, 3.8) is 0 Å². The Bertz CT molecular complexity index is 280. The average molecular weight is 231 g/mol. The van der Waals surface area contributed by atoms with Gasteiger partial charge in [0.2, 0.25) is 5.91 Å². The van der Waals surface area contributed by atoms with Gasteiger partial charge >= 0.3 is 5.97 Å². The quantitative estimate of drug-likeness (QED) is 0.664. The van der Waals surface area contributed by atoms with Gasteiger partial charge in [0, 0.05) is 14.2 Å². The molecule has 0 aromatic rings. The van der Waals surface area contributed by atoms with Crippen molar-refractivity contribution < 1.29 is 23.8 Å². The number of carbonyl (C=O) groups excluding carboxylic acids is 2. The standard InChI is InChI=1S/C10H17NO5/c1-4-5-16-9(13)10(15-3)7(14-2)6-8(12)11-10/h7H,4-6H2,1-3H3,(H,11,12)/t7?,10-/m1/s1. The van der Waals surface area contributed by atoms with Crippen molar-refractivity contribution in [3.05, 3.63) is 0 Å². The van der Waals surface area contributed by atoms with E-state index in [9.17, 15) is 9.59 Å². The van der Waals surface area contributed by atoms with E-state index in [4.69, 9.17) is 14.2 Å². The largest absolute Gasteiger partial charge is 0.462 e. The number of rotatable bonds is 5. The van der Waals surface area contributed by atoms with Crippen LogP contribution in [-0.2, 0) is 23.8 Å². The molecule has 0 bridgehead atoms. The lowest BCUT2D eigenvalue weighted by molar-refractivity contribution is -0.187. The van der Waals surface area contributed by atoms with E-state index >= 15 is 0 Å². The minimum atomic E-state index is -1.50. The summed E-state index contributed by atoms with van der Waals surface area (Å²) in [5.41, 5.74) is -1.50. The third kappa shape index (κ3) is 2.17. The van der Waals surface area contributed by atoms with Crippen molar-refractivity contribution in [2.75, 3.05) is 20.8 Å². The number of hydrogen-bond donors (Lipinski definition) is 1. The summed E-state index contributed by atoms with van der Waals surface area (Å²) < 4.78 is 15.2. The maximum atomic E-state index is 11.8. The second-order valence-corrected chi connectivity index (χ2v) is 3.55. The van der Waals surface area contributed by atoms with Crippen molar-refractivity contribution in [3.8, 4) is 0 Å². The molecule has 2 atom stereocenters. The Morgan fingerprint density at radius 3 is 2.75 bits per heavy atom. The minimum Gasteiger partial charge on any atom is -0.462 e. The van der Waals surface area contributed by atoms with Crippen LogP contribution in [0.3, 0.4) is 0 Å². The van der Waals surface area contributed by atoms with Gasteiger partial charge in [0.25, 0.3) is 5.72 Å². The van der Waals surface area contributed by atoms with Crippen molar-refractivity contribution >= 4 is 11.9 Å². The van der Waals surface area contributed by atoms with Crippen molar-refractivity contribution in [1.29, 1.82) is 0 Å². The zero-order valence-electron chi connectivity index (χ0n) is 9.74. The Kier molecular flexibility index (Phi) is 4.26. The summed E-state index contributed by atoms with van der Waals surface area (Å²) in [7, 11) is 2.76. The summed E-state index contributed by atoms with van der Waals surface area (Å²) in [4.78, 5) is 23.1. The van der Waals surface area contributed by atoms with Gasteiger partial charge in [0.15, 0.2) is 0 Å². The van der Waals surface area contributed by atoms with Crippen LogP contribution in [0.1, 0.15) is 19.8 Å².